The topological polar surface area (TPSA) is 78.7 Å². The van der Waals surface area contributed by atoms with Crippen molar-refractivity contribution >= 4 is 49.5 Å². The van der Waals surface area contributed by atoms with Crippen molar-refractivity contribution < 1.29 is 19.0 Å². The molecule has 8 nitrogen and oxygen atoms in total. The predicted octanol–water partition coefficient (Wildman–Crippen LogP) is 4.36. The molecular weight excluding hydrogens is 468 g/mol. The molecule has 2 N–H and O–H groups in total. The first kappa shape index (κ1) is 21.5. The van der Waals surface area contributed by atoms with E-state index in [1.54, 1.807) is 14.2 Å². The lowest BCUT2D eigenvalue weighted by Gasteiger charge is -2.48. The van der Waals surface area contributed by atoms with Crippen molar-refractivity contribution in [3.05, 3.63) is 53.6 Å². The van der Waals surface area contributed by atoms with Crippen molar-refractivity contribution in [2.45, 2.75) is 44.0 Å². The van der Waals surface area contributed by atoms with Crippen LogP contribution in [0.4, 0.5) is 0 Å². The van der Waals surface area contributed by atoms with Crippen molar-refractivity contribution in [2.75, 3.05) is 21.3 Å². The molecule has 0 aliphatic carbocycles. The van der Waals surface area contributed by atoms with E-state index in [1.165, 1.54) is 0 Å². The number of nitrogens with zero attached hydrogens (tertiary/aromatic N) is 2. The van der Waals surface area contributed by atoms with Gasteiger partial charge in [0.1, 0.15) is 18.1 Å². The van der Waals surface area contributed by atoms with Crippen molar-refractivity contribution in [1.29, 1.82) is 0 Å². The molecule has 5 heterocycles. The molecule has 8 rings (SSSR count). The standard InChI is InChI=1S/C29H28N4O4/c1-29-27(36-4)18(30-2)12-21(37-29)32-19-8-6-5-7-15(19)23-24-17(13-31-28(24)34)22-16-11-14(35-3)9-10-20(16)33(29)26(22)25(23)32/h5-11,18,21,27,30H,12-13H2,1-4H3,(H,31,34)/t18-,21-,27-,29+/m1/s1. The van der Waals surface area contributed by atoms with Gasteiger partial charge in [0.15, 0.2) is 5.72 Å². The van der Waals surface area contributed by atoms with Gasteiger partial charge in [-0.25, -0.2) is 0 Å². The molecule has 0 saturated carbocycles. The highest BCUT2D eigenvalue weighted by atomic mass is 16.6. The summed E-state index contributed by atoms with van der Waals surface area (Å²) < 4.78 is 23.6. The molecule has 2 aromatic heterocycles. The average Bonchev–Trinajstić information content (AvgIpc) is 3.55. The van der Waals surface area contributed by atoms with E-state index in [9.17, 15) is 4.79 Å². The Balaban J connectivity index is 1.71. The van der Waals surface area contributed by atoms with Gasteiger partial charge < -0.3 is 34.0 Å². The summed E-state index contributed by atoms with van der Waals surface area (Å²) in [4.78, 5) is 13.4. The van der Waals surface area contributed by atoms with Crippen molar-refractivity contribution in [3.63, 3.8) is 0 Å². The molecule has 8 heteroatoms. The maximum absolute atomic E-state index is 13.4. The highest BCUT2D eigenvalue weighted by molar-refractivity contribution is 6.31. The van der Waals surface area contributed by atoms with Crippen LogP contribution < -0.4 is 15.4 Å². The molecule has 0 spiro atoms. The lowest BCUT2D eigenvalue weighted by molar-refractivity contribution is -0.256. The number of aromatic nitrogens is 2. The van der Waals surface area contributed by atoms with E-state index < -0.39 is 5.72 Å². The highest BCUT2D eigenvalue weighted by Gasteiger charge is 2.53. The van der Waals surface area contributed by atoms with Crippen molar-refractivity contribution in [2.24, 2.45) is 0 Å². The first-order valence-electron chi connectivity index (χ1n) is 12.8. The van der Waals surface area contributed by atoms with Gasteiger partial charge >= 0.3 is 0 Å². The number of carbonyl (C=O) groups excluding carboxylic acids is 1. The fraction of sp³-hybridized carbons (Fsp3) is 0.345. The minimum Gasteiger partial charge on any atom is -0.497 e. The average molecular weight is 497 g/mol. The number of methoxy groups -OCH3 is 2. The van der Waals surface area contributed by atoms with Crippen LogP contribution in [0.5, 0.6) is 5.75 Å². The van der Waals surface area contributed by atoms with Gasteiger partial charge in [-0.05, 0) is 43.8 Å². The minimum atomic E-state index is -0.808. The zero-order valence-corrected chi connectivity index (χ0v) is 21.2. The van der Waals surface area contributed by atoms with Crippen LogP contribution in [-0.2, 0) is 21.7 Å². The molecule has 1 saturated heterocycles. The van der Waals surface area contributed by atoms with E-state index in [2.05, 4.69) is 57.0 Å². The second-order valence-electron chi connectivity index (χ2n) is 10.5. The van der Waals surface area contributed by atoms with Crippen LogP contribution in [0.2, 0.25) is 0 Å². The number of carbonyl (C=O) groups is 1. The molecule has 37 heavy (non-hydrogen) atoms. The van der Waals surface area contributed by atoms with Crippen molar-refractivity contribution in [3.8, 4) is 5.75 Å². The first-order valence-corrected chi connectivity index (χ1v) is 12.8. The SMILES string of the molecule is CN[C@@H]1C[C@H]2O[C@@](C)([C@@H]1OC)n1c3ccc(OC)cc3c3c4c(c5c6ccccc6n2c5c31)C(=O)NC4. The summed E-state index contributed by atoms with van der Waals surface area (Å²) in [6.07, 6.45) is 0.253. The van der Waals surface area contributed by atoms with Crippen LogP contribution in [0.1, 0.15) is 35.5 Å². The number of hydrogen-bond acceptors (Lipinski definition) is 5. The maximum atomic E-state index is 13.4. The second kappa shape index (κ2) is 7.04. The van der Waals surface area contributed by atoms with Crippen LogP contribution in [0.15, 0.2) is 42.5 Å². The van der Waals surface area contributed by atoms with Crippen LogP contribution in [-0.4, -0.2) is 48.5 Å². The Labute approximate surface area is 213 Å². The molecule has 188 valence electrons. The van der Waals surface area contributed by atoms with Gasteiger partial charge in [-0.1, -0.05) is 18.2 Å². The number of rotatable bonds is 3. The third kappa shape index (κ3) is 2.37. The molecule has 0 radical (unpaired) electrons. The summed E-state index contributed by atoms with van der Waals surface area (Å²) >= 11 is 0. The number of ether oxygens (including phenoxy) is 3. The van der Waals surface area contributed by atoms with E-state index in [-0.39, 0.29) is 24.3 Å². The van der Waals surface area contributed by atoms with Gasteiger partial charge in [0.2, 0.25) is 0 Å². The zero-order chi connectivity index (χ0) is 25.2. The summed E-state index contributed by atoms with van der Waals surface area (Å²) in [5.74, 6) is 0.755. The third-order valence-electron chi connectivity index (χ3n) is 8.90. The lowest BCUT2D eigenvalue weighted by Crippen LogP contribution is -2.59. The van der Waals surface area contributed by atoms with Gasteiger partial charge in [0, 0.05) is 47.7 Å². The number of benzene rings is 3. The minimum absolute atomic E-state index is 0.0224. The first-order chi connectivity index (χ1) is 18.0. The van der Waals surface area contributed by atoms with Crippen LogP contribution in [0.3, 0.4) is 0 Å². The molecule has 3 aliphatic heterocycles. The fourth-order valence-corrected chi connectivity index (χ4v) is 7.49. The Morgan fingerprint density at radius 1 is 1.08 bits per heavy atom. The van der Waals surface area contributed by atoms with Gasteiger partial charge in [-0.2, -0.15) is 0 Å². The normalized spacial score (nSPS) is 26.4. The van der Waals surface area contributed by atoms with Crippen LogP contribution in [0, 0.1) is 0 Å². The molecular formula is C29H28N4O4. The van der Waals surface area contributed by atoms with E-state index in [1.807, 2.05) is 19.2 Å². The Hall–Kier alpha value is -3.59. The lowest BCUT2D eigenvalue weighted by atomic mass is 9.93. The summed E-state index contributed by atoms with van der Waals surface area (Å²) in [6.45, 7) is 2.63. The Kier molecular flexibility index (Phi) is 4.09. The van der Waals surface area contributed by atoms with Gasteiger partial charge in [0.05, 0.1) is 34.7 Å². The fourth-order valence-electron chi connectivity index (χ4n) is 7.49. The van der Waals surface area contributed by atoms with Crippen LogP contribution in [0.25, 0.3) is 43.6 Å². The Morgan fingerprint density at radius 3 is 2.70 bits per heavy atom. The van der Waals surface area contributed by atoms with Crippen molar-refractivity contribution in [1.82, 2.24) is 19.8 Å². The largest absolute Gasteiger partial charge is 0.497 e. The summed E-state index contributed by atoms with van der Waals surface area (Å²) in [7, 11) is 5.43. The van der Waals surface area contributed by atoms with Gasteiger partial charge in [-0.15, -0.1) is 0 Å². The molecule has 3 aliphatic rings. The zero-order valence-electron chi connectivity index (χ0n) is 21.2. The maximum Gasteiger partial charge on any atom is 0.252 e. The smallest absolute Gasteiger partial charge is 0.252 e. The van der Waals surface area contributed by atoms with Crippen LogP contribution >= 0.6 is 0 Å². The summed E-state index contributed by atoms with van der Waals surface area (Å²) in [5.41, 5.74) is 5.22. The highest BCUT2D eigenvalue weighted by Crippen LogP contribution is 2.53. The second-order valence-corrected chi connectivity index (χ2v) is 10.5. The molecule has 3 aromatic carbocycles. The quantitative estimate of drug-likeness (QED) is 0.388. The number of amides is 1. The van der Waals surface area contributed by atoms with E-state index >= 15 is 0 Å². The number of hydrogen-bond donors (Lipinski definition) is 2. The number of fused-ring (bicyclic) bond motifs is 13. The number of para-hydroxylation sites is 1. The molecule has 5 aromatic rings. The van der Waals surface area contributed by atoms with E-state index in [4.69, 9.17) is 14.2 Å². The predicted molar refractivity (Wildman–Crippen MR) is 142 cm³/mol. The summed E-state index contributed by atoms with van der Waals surface area (Å²) in [5, 5.41) is 10.8. The van der Waals surface area contributed by atoms with E-state index in [0.717, 1.165) is 66.9 Å². The molecule has 0 unspecified atom stereocenters. The molecule has 4 atom stereocenters. The Bertz CT molecular complexity index is 1820. The number of nitrogens with one attached hydrogen (secondary N) is 2. The molecule has 2 bridgehead atoms. The Morgan fingerprint density at radius 2 is 1.92 bits per heavy atom. The summed E-state index contributed by atoms with van der Waals surface area (Å²) in [6, 6.07) is 14.6. The third-order valence-corrected chi connectivity index (χ3v) is 8.90. The monoisotopic (exact) mass is 496 g/mol. The van der Waals surface area contributed by atoms with Gasteiger partial charge in [0.25, 0.3) is 5.91 Å². The number of likely N-dealkylation sites (N-methyl/N-ethyl adjacent to an activating group) is 1. The molecule has 1 fully saturated rings. The van der Waals surface area contributed by atoms with Gasteiger partial charge in [-0.3, -0.25) is 4.79 Å². The van der Waals surface area contributed by atoms with E-state index in [0.29, 0.717) is 6.54 Å². The molecule has 1 amide bonds.